The zero-order valence-corrected chi connectivity index (χ0v) is 38.5. The molecule has 1 N–H and O–H groups in total. The van der Waals surface area contributed by atoms with E-state index in [1.165, 1.54) is 134 Å². The second-order valence-electron chi connectivity index (χ2n) is 17.1. The van der Waals surface area contributed by atoms with Crippen LogP contribution in [-0.2, 0) is 0 Å². The maximum absolute atomic E-state index is 14.1. The molecule has 0 spiro atoms. The molecule has 59 heavy (non-hydrogen) atoms. The van der Waals surface area contributed by atoms with Gasteiger partial charge in [-0.1, -0.05) is 168 Å². The number of aromatic hydroxyl groups is 1. The van der Waals surface area contributed by atoms with Crippen molar-refractivity contribution in [3.8, 4) is 5.75 Å². The zero-order chi connectivity index (χ0) is 44.4. The summed E-state index contributed by atoms with van der Waals surface area (Å²) in [4.78, 5) is 28.0. The predicted molar refractivity (Wildman–Crippen MR) is 236 cm³/mol. The van der Waals surface area contributed by atoms with Crippen LogP contribution in [0.15, 0.2) is 24.3 Å². The van der Waals surface area contributed by atoms with Gasteiger partial charge in [-0.25, -0.2) is 0 Å². The van der Waals surface area contributed by atoms with Gasteiger partial charge in [-0.3, -0.25) is 9.59 Å². The number of benzene rings is 1. The fourth-order valence-corrected chi connectivity index (χ4v) is 8.26. The first-order valence-corrected chi connectivity index (χ1v) is 25.2. The number of ketones is 2. The molecule has 11 heteroatoms. The van der Waals surface area contributed by atoms with Crippen LogP contribution < -0.4 is 4.57 Å². The molecule has 0 saturated carbocycles. The SMILES string of the molecule is CCCCCCCCCCCCCCCC(=O)c1c(O)ccc(C(C)[n+]2c(C)cc(C)cc2C)c1C(=O)CCCCCCCCCCCCCCC.F[P-](F)(F)(F)(F)F. The third-order valence-electron chi connectivity index (χ3n) is 11.3. The van der Waals surface area contributed by atoms with Gasteiger partial charge in [-0.05, 0) is 37.5 Å². The number of pyridine rings is 1. The molecule has 0 fully saturated rings. The summed E-state index contributed by atoms with van der Waals surface area (Å²) < 4.78 is 61.4. The second-order valence-corrected chi connectivity index (χ2v) is 19.0. The first kappa shape index (κ1) is 54.5. The van der Waals surface area contributed by atoms with E-state index in [1.807, 2.05) is 6.07 Å². The number of unbranched alkanes of at least 4 members (excludes halogenated alkanes) is 24. The number of halogens is 6. The number of hydrogen-bond acceptors (Lipinski definition) is 3. The summed E-state index contributed by atoms with van der Waals surface area (Å²) in [5.41, 5.74) is 4.99. The Morgan fingerprint density at radius 1 is 0.525 bits per heavy atom. The first-order chi connectivity index (χ1) is 27.7. The van der Waals surface area contributed by atoms with Crippen LogP contribution in [0.4, 0.5) is 25.2 Å². The molecule has 2 rings (SSSR count). The Kier molecular flexibility index (Phi) is 25.4. The van der Waals surface area contributed by atoms with E-state index >= 15 is 0 Å². The molecule has 0 aliphatic carbocycles. The molecule has 1 aromatic carbocycles. The number of phenols is 1. The average molecular weight is 864 g/mol. The number of carbonyl (C=O) groups is 2. The molecular weight excluding hydrogens is 783 g/mol. The van der Waals surface area contributed by atoms with E-state index in [1.54, 1.807) is 6.07 Å². The standard InChI is InChI=1S/C48H79NO3.F6P/c1-7-9-11-13-15-17-19-21-23-25-27-29-31-33-44(50)47-43(42(6)49-40(4)37-39(3)38-41(49)5)35-36-46(52)48(47)45(51)34-32-30-28-26-24-22-20-18-16-14-12-10-8-2;1-7(2,3,4,5)6/h35-38,42H,7-34H2,1-6H3;/q;-1/p+1. The first-order valence-electron chi connectivity index (χ1n) is 23.2. The van der Waals surface area contributed by atoms with Gasteiger partial charge in [0, 0.05) is 56.9 Å². The van der Waals surface area contributed by atoms with Crippen LogP contribution in [0.3, 0.4) is 0 Å². The summed E-state index contributed by atoms with van der Waals surface area (Å²) in [7, 11) is -10.7. The van der Waals surface area contributed by atoms with E-state index < -0.39 is 7.81 Å². The molecule has 2 aromatic rings. The van der Waals surface area contributed by atoms with E-state index in [0.717, 1.165) is 55.5 Å². The number of aryl methyl sites for hydroxylation is 3. The number of rotatable bonds is 32. The van der Waals surface area contributed by atoms with Gasteiger partial charge >= 0.3 is 33.0 Å². The Morgan fingerprint density at radius 2 is 0.814 bits per heavy atom. The van der Waals surface area contributed by atoms with E-state index in [9.17, 15) is 39.9 Å². The molecular formula is C48H80F6NO3P. The number of phenolic OH excluding ortho intramolecular Hbond substituents is 1. The second kappa shape index (κ2) is 27.5. The van der Waals surface area contributed by atoms with Crippen LogP contribution in [0.5, 0.6) is 5.75 Å². The maximum atomic E-state index is 14.1. The van der Waals surface area contributed by atoms with Crippen molar-refractivity contribution in [3.63, 3.8) is 0 Å². The van der Waals surface area contributed by atoms with Crippen molar-refractivity contribution in [1.29, 1.82) is 0 Å². The number of Topliss-reactive ketones (excluding diaryl/α,β-unsaturated/α-hetero) is 2. The van der Waals surface area contributed by atoms with E-state index in [4.69, 9.17) is 0 Å². The number of aromatic nitrogens is 1. The van der Waals surface area contributed by atoms with Crippen LogP contribution in [0, 0.1) is 20.8 Å². The molecule has 0 aliphatic rings. The molecule has 342 valence electrons. The van der Waals surface area contributed by atoms with Crippen molar-refractivity contribution in [3.05, 3.63) is 57.9 Å². The monoisotopic (exact) mass is 864 g/mol. The average Bonchev–Trinajstić information content (AvgIpc) is 3.13. The quantitative estimate of drug-likeness (QED) is 0.0262. The normalized spacial score (nSPS) is 13.4. The Labute approximate surface area is 354 Å². The summed E-state index contributed by atoms with van der Waals surface area (Å²) in [6, 6.07) is 7.71. The van der Waals surface area contributed by atoms with Crippen LogP contribution in [0.25, 0.3) is 0 Å². The Balaban J connectivity index is 0.00000227. The zero-order valence-electron chi connectivity index (χ0n) is 37.6. The van der Waals surface area contributed by atoms with Crippen LogP contribution >= 0.6 is 7.81 Å². The summed E-state index contributed by atoms with van der Waals surface area (Å²) in [6.07, 6.45) is 33.4. The molecule has 0 bridgehead atoms. The molecule has 0 aliphatic heterocycles. The van der Waals surface area contributed by atoms with Crippen LogP contribution in [0.2, 0.25) is 0 Å². The van der Waals surface area contributed by atoms with Gasteiger partial charge in [0.05, 0.1) is 5.56 Å². The number of nitrogens with zero attached hydrogens (tertiary/aromatic N) is 1. The molecule has 0 radical (unpaired) electrons. The molecule has 0 amide bonds. The van der Waals surface area contributed by atoms with Gasteiger partial charge in [-0.15, -0.1) is 0 Å². The Hall–Kier alpha value is -2.48. The van der Waals surface area contributed by atoms with Gasteiger partial charge in [-0.2, -0.15) is 4.57 Å². The van der Waals surface area contributed by atoms with Crippen molar-refractivity contribution >= 4 is 19.4 Å². The molecule has 1 heterocycles. The topological polar surface area (TPSA) is 58.2 Å². The van der Waals surface area contributed by atoms with Gasteiger partial charge in [0.2, 0.25) is 0 Å². The summed E-state index contributed by atoms with van der Waals surface area (Å²) in [6.45, 7) is 13.0. The predicted octanol–water partition coefficient (Wildman–Crippen LogP) is 17.9. The molecule has 1 atom stereocenters. The fourth-order valence-electron chi connectivity index (χ4n) is 8.26. The summed E-state index contributed by atoms with van der Waals surface area (Å²) in [5, 5.41) is 11.1. The minimum absolute atomic E-state index is 0.00226. The fraction of sp³-hybridized carbons (Fsp3) is 0.729. The van der Waals surface area contributed by atoms with Gasteiger partial charge in [0.1, 0.15) is 5.75 Å². The van der Waals surface area contributed by atoms with Crippen molar-refractivity contribution < 1.29 is 44.4 Å². The third kappa shape index (κ3) is 27.2. The van der Waals surface area contributed by atoms with Crippen LogP contribution in [0.1, 0.15) is 250 Å². The van der Waals surface area contributed by atoms with E-state index in [-0.39, 0.29) is 28.9 Å². The minimum atomic E-state index is -10.7. The van der Waals surface area contributed by atoms with E-state index in [2.05, 4.69) is 58.2 Å². The third-order valence-corrected chi connectivity index (χ3v) is 11.3. The van der Waals surface area contributed by atoms with Crippen molar-refractivity contribution in [1.82, 2.24) is 0 Å². The summed E-state index contributed by atoms with van der Waals surface area (Å²) in [5.74, 6) is -0.144. The Morgan fingerprint density at radius 3 is 1.14 bits per heavy atom. The van der Waals surface area contributed by atoms with Crippen molar-refractivity contribution in [2.75, 3.05) is 0 Å². The Bertz CT molecular complexity index is 1480. The van der Waals surface area contributed by atoms with Crippen LogP contribution in [-0.4, -0.2) is 16.7 Å². The number of carbonyl (C=O) groups excluding carboxylic acids is 2. The molecule has 4 nitrogen and oxygen atoms in total. The van der Waals surface area contributed by atoms with Gasteiger partial charge in [0.25, 0.3) is 0 Å². The van der Waals surface area contributed by atoms with Crippen molar-refractivity contribution in [2.45, 2.75) is 227 Å². The van der Waals surface area contributed by atoms with Gasteiger partial charge in [0.15, 0.2) is 29.0 Å². The molecule has 0 saturated heterocycles. The number of hydrogen-bond donors (Lipinski definition) is 1. The van der Waals surface area contributed by atoms with Gasteiger partial charge < -0.3 is 5.11 Å². The summed E-state index contributed by atoms with van der Waals surface area (Å²) >= 11 is 0. The molecule has 1 aromatic heterocycles. The molecule has 1 unspecified atom stereocenters. The van der Waals surface area contributed by atoms with Crippen molar-refractivity contribution in [2.24, 2.45) is 0 Å². The van der Waals surface area contributed by atoms with E-state index in [0.29, 0.717) is 18.4 Å².